The van der Waals surface area contributed by atoms with Crippen LogP contribution in [-0.4, -0.2) is 67.1 Å². The summed E-state index contributed by atoms with van der Waals surface area (Å²) in [5, 5.41) is 0.00656. The van der Waals surface area contributed by atoms with E-state index in [1.807, 2.05) is 23.1 Å². The van der Waals surface area contributed by atoms with Crippen molar-refractivity contribution >= 4 is 27.4 Å². The molecule has 1 saturated heterocycles. The van der Waals surface area contributed by atoms with Crippen molar-refractivity contribution in [2.24, 2.45) is 0 Å². The van der Waals surface area contributed by atoms with Gasteiger partial charge in [0.1, 0.15) is 6.61 Å². The summed E-state index contributed by atoms with van der Waals surface area (Å²) in [5.74, 6) is 0.511. The SMILES string of the molecule is CC[C@@H]1C[C@H](N(Cc2cc(Cl)cc(C(F)(F)F)c2)c2ncc(OCCS(C)(=O)=O)cn2)C[C@H](Cc2ccccc2)N1C. The molecule has 1 aliphatic heterocycles. The highest BCUT2D eigenvalue weighted by atomic mass is 35.5. The molecule has 1 aliphatic rings. The standard InChI is InChI=1S/C30H36ClF3N4O3S/c1-4-25-16-27(17-26(37(25)2)14-21-8-6-5-7-9-21)38(20-22-12-23(30(32,33)34)15-24(31)13-22)29-35-18-28(19-36-29)41-10-11-42(3,39)40/h5-9,12-13,15,18-19,25-27H,4,10-11,14,16-17,20H2,1-3H3/t25-,26+,27+/m1/s1. The number of likely N-dealkylation sites (tertiary alicyclic amines) is 1. The van der Waals surface area contributed by atoms with Crippen molar-refractivity contribution < 1.29 is 26.3 Å². The Kier molecular flexibility index (Phi) is 10.4. The van der Waals surface area contributed by atoms with Crippen molar-refractivity contribution in [2.45, 2.75) is 63.5 Å². The summed E-state index contributed by atoms with van der Waals surface area (Å²) < 4.78 is 69.3. The van der Waals surface area contributed by atoms with E-state index in [0.29, 0.717) is 17.3 Å². The van der Waals surface area contributed by atoms with Crippen molar-refractivity contribution in [2.75, 3.05) is 30.6 Å². The number of hydrogen-bond donors (Lipinski definition) is 0. The van der Waals surface area contributed by atoms with Crippen LogP contribution in [0.2, 0.25) is 5.02 Å². The minimum Gasteiger partial charge on any atom is -0.489 e. The molecule has 12 heteroatoms. The highest BCUT2D eigenvalue weighted by Crippen LogP contribution is 2.35. The van der Waals surface area contributed by atoms with Crippen LogP contribution in [0.15, 0.2) is 60.9 Å². The maximum Gasteiger partial charge on any atom is 0.416 e. The molecule has 42 heavy (non-hydrogen) atoms. The molecule has 0 amide bonds. The van der Waals surface area contributed by atoms with Crippen LogP contribution < -0.4 is 9.64 Å². The molecular formula is C30H36ClF3N4O3S. The Labute approximate surface area is 250 Å². The third-order valence-electron chi connectivity index (χ3n) is 7.70. The number of ether oxygens (including phenoxy) is 1. The summed E-state index contributed by atoms with van der Waals surface area (Å²) in [6.07, 6.45) is 2.80. The highest BCUT2D eigenvalue weighted by Gasteiger charge is 2.37. The van der Waals surface area contributed by atoms with E-state index >= 15 is 0 Å². The fraction of sp³-hybridized carbons (Fsp3) is 0.467. The first-order valence-electron chi connectivity index (χ1n) is 13.8. The Bertz CT molecular complexity index is 1430. The Hall–Kier alpha value is -2.89. The number of benzene rings is 2. The van der Waals surface area contributed by atoms with Crippen LogP contribution in [0.4, 0.5) is 19.1 Å². The Morgan fingerprint density at radius 2 is 1.71 bits per heavy atom. The topological polar surface area (TPSA) is 75.6 Å². The maximum atomic E-state index is 13.6. The smallest absolute Gasteiger partial charge is 0.416 e. The van der Waals surface area contributed by atoms with Crippen LogP contribution in [0.5, 0.6) is 5.75 Å². The fourth-order valence-corrected chi connectivity index (χ4v) is 6.13. The fourth-order valence-electron chi connectivity index (χ4n) is 5.49. The van der Waals surface area contributed by atoms with E-state index in [2.05, 4.69) is 41.0 Å². The molecule has 0 radical (unpaired) electrons. The second-order valence-electron chi connectivity index (χ2n) is 10.9. The maximum absolute atomic E-state index is 13.6. The lowest BCUT2D eigenvalue weighted by Gasteiger charge is -2.47. The number of halogens is 4. The average molecular weight is 625 g/mol. The molecule has 2 heterocycles. The summed E-state index contributed by atoms with van der Waals surface area (Å²) >= 11 is 6.14. The molecule has 0 saturated carbocycles. The van der Waals surface area contributed by atoms with Gasteiger partial charge in [-0.15, -0.1) is 0 Å². The lowest BCUT2D eigenvalue weighted by atomic mass is 9.86. The molecule has 228 valence electrons. The second-order valence-corrected chi connectivity index (χ2v) is 13.6. The van der Waals surface area contributed by atoms with Gasteiger partial charge in [-0.2, -0.15) is 13.2 Å². The summed E-state index contributed by atoms with van der Waals surface area (Å²) in [6, 6.07) is 14.2. The molecule has 1 fully saturated rings. The molecule has 3 atom stereocenters. The van der Waals surface area contributed by atoms with Crippen LogP contribution in [0.1, 0.15) is 42.9 Å². The second kappa shape index (κ2) is 13.6. The summed E-state index contributed by atoms with van der Waals surface area (Å²) in [5.41, 5.74) is 0.809. The van der Waals surface area contributed by atoms with Gasteiger partial charge >= 0.3 is 6.18 Å². The lowest BCUT2D eigenvalue weighted by Crippen LogP contribution is -2.54. The van der Waals surface area contributed by atoms with Gasteiger partial charge in [-0.1, -0.05) is 48.9 Å². The van der Waals surface area contributed by atoms with Crippen LogP contribution in [0.3, 0.4) is 0 Å². The van der Waals surface area contributed by atoms with Gasteiger partial charge in [-0.3, -0.25) is 4.90 Å². The van der Waals surface area contributed by atoms with E-state index in [1.54, 1.807) is 6.07 Å². The molecule has 0 aliphatic carbocycles. The molecule has 3 aromatic rings. The molecule has 0 spiro atoms. The molecule has 0 unspecified atom stereocenters. The summed E-state index contributed by atoms with van der Waals surface area (Å²) in [7, 11) is -1.06. The first-order chi connectivity index (χ1) is 19.8. The first kappa shape index (κ1) is 32.0. The third kappa shape index (κ3) is 8.81. The zero-order valence-electron chi connectivity index (χ0n) is 23.9. The molecule has 0 N–H and O–H groups in total. The van der Waals surface area contributed by atoms with Crippen LogP contribution >= 0.6 is 11.6 Å². The third-order valence-corrected chi connectivity index (χ3v) is 8.82. The number of piperidine rings is 1. The van der Waals surface area contributed by atoms with E-state index in [-0.39, 0.29) is 42.1 Å². The predicted molar refractivity (Wildman–Crippen MR) is 159 cm³/mol. The van der Waals surface area contributed by atoms with Crippen molar-refractivity contribution in [3.8, 4) is 5.75 Å². The van der Waals surface area contributed by atoms with Gasteiger partial charge in [0.05, 0.1) is 23.7 Å². The van der Waals surface area contributed by atoms with E-state index in [1.165, 1.54) is 18.0 Å². The molecular weight excluding hydrogens is 589 g/mol. The van der Waals surface area contributed by atoms with Crippen molar-refractivity contribution in [3.63, 3.8) is 0 Å². The van der Waals surface area contributed by atoms with Crippen LogP contribution in [0, 0.1) is 0 Å². The van der Waals surface area contributed by atoms with E-state index in [0.717, 1.165) is 44.1 Å². The van der Waals surface area contributed by atoms with Gasteiger partial charge in [0.2, 0.25) is 5.95 Å². The molecule has 2 aromatic carbocycles. The summed E-state index contributed by atoms with van der Waals surface area (Å²) in [4.78, 5) is 13.4. The van der Waals surface area contributed by atoms with Crippen LogP contribution in [0.25, 0.3) is 0 Å². The van der Waals surface area contributed by atoms with E-state index in [9.17, 15) is 21.6 Å². The van der Waals surface area contributed by atoms with Gasteiger partial charge in [-0.05, 0) is 62.1 Å². The largest absolute Gasteiger partial charge is 0.489 e. The monoisotopic (exact) mass is 624 g/mol. The Balaban J connectivity index is 1.66. The molecule has 1 aromatic heterocycles. The average Bonchev–Trinajstić information content (AvgIpc) is 2.92. The Morgan fingerprint density at radius 1 is 1.05 bits per heavy atom. The van der Waals surface area contributed by atoms with E-state index in [4.69, 9.17) is 16.3 Å². The molecule has 4 rings (SSSR count). The number of rotatable bonds is 11. The number of likely N-dealkylation sites (N-methyl/N-ethyl adjacent to an activating group) is 1. The predicted octanol–water partition coefficient (Wildman–Crippen LogP) is 6.06. The quantitative estimate of drug-likeness (QED) is 0.257. The summed E-state index contributed by atoms with van der Waals surface area (Å²) in [6.45, 7) is 2.22. The van der Waals surface area contributed by atoms with Gasteiger partial charge in [-0.25, -0.2) is 18.4 Å². The zero-order valence-corrected chi connectivity index (χ0v) is 25.5. The number of aromatic nitrogens is 2. The number of anilines is 1. The number of nitrogens with zero attached hydrogens (tertiary/aromatic N) is 4. The molecule has 7 nitrogen and oxygen atoms in total. The van der Waals surface area contributed by atoms with Gasteiger partial charge < -0.3 is 9.64 Å². The molecule has 0 bridgehead atoms. The van der Waals surface area contributed by atoms with Crippen molar-refractivity contribution in [3.05, 3.63) is 82.6 Å². The van der Waals surface area contributed by atoms with Gasteiger partial charge in [0, 0.05) is 35.9 Å². The highest BCUT2D eigenvalue weighted by molar-refractivity contribution is 7.90. The van der Waals surface area contributed by atoms with Gasteiger partial charge in [0.15, 0.2) is 15.6 Å². The number of alkyl halides is 3. The normalized spacial score (nSPS) is 19.9. The van der Waals surface area contributed by atoms with Crippen molar-refractivity contribution in [1.82, 2.24) is 14.9 Å². The number of sulfone groups is 1. The van der Waals surface area contributed by atoms with E-state index < -0.39 is 21.6 Å². The minimum atomic E-state index is -4.53. The number of hydrogen-bond acceptors (Lipinski definition) is 7. The van der Waals surface area contributed by atoms with Crippen LogP contribution in [-0.2, 0) is 29.0 Å². The zero-order chi connectivity index (χ0) is 30.5. The minimum absolute atomic E-state index is 0.00656. The van der Waals surface area contributed by atoms with Crippen molar-refractivity contribution in [1.29, 1.82) is 0 Å². The Morgan fingerprint density at radius 3 is 2.33 bits per heavy atom. The first-order valence-corrected chi connectivity index (χ1v) is 16.3. The lowest BCUT2D eigenvalue weighted by molar-refractivity contribution is -0.137. The van der Waals surface area contributed by atoms with Gasteiger partial charge in [0.25, 0.3) is 0 Å².